The largest absolute Gasteiger partial charge is 0.504 e. The Labute approximate surface area is 111 Å². The number of aromatic hydroxyl groups is 2. The zero-order chi connectivity index (χ0) is 14.0. The maximum atomic E-state index is 9.43. The average Bonchev–Trinajstić information content (AvgIpc) is 2.83. The summed E-state index contributed by atoms with van der Waals surface area (Å²) < 4.78 is 0. The van der Waals surface area contributed by atoms with Crippen molar-refractivity contribution in [2.75, 3.05) is 0 Å². The highest BCUT2D eigenvalue weighted by Crippen LogP contribution is 2.26. The number of nitrogens with two attached hydrogens (primary N) is 1. The fraction of sp³-hybridized carbons (Fsp3) is 0.385. The van der Waals surface area contributed by atoms with Gasteiger partial charge in [-0.2, -0.15) is 5.10 Å². The van der Waals surface area contributed by atoms with Crippen LogP contribution in [0, 0.1) is 0 Å². The maximum Gasteiger partial charge on any atom is 0.157 e. The van der Waals surface area contributed by atoms with Crippen LogP contribution in [-0.2, 0) is 6.42 Å². The van der Waals surface area contributed by atoms with Crippen molar-refractivity contribution in [2.45, 2.75) is 32.2 Å². The van der Waals surface area contributed by atoms with Crippen LogP contribution in [0.25, 0.3) is 0 Å². The summed E-state index contributed by atoms with van der Waals surface area (Å²) in [6.45, 7) is 4.02. The molecule has 1 unspecified atom stereocenters. The highest BCUT2D eigenvalue weighted by Gasteiger charge is 2.14. The van der Waals surface area contributed by atoms with E-state index in [0.29, 0.717) is 12.2 Å². The van der Waals surface area contributed by atoms with E-state index in [1.807, 2.05) is 13.8 Å². The van der Waals surface area contributed by atoms with Crippen molar-refractivity contribution in [1.82, 2.24) is 15.2 Å². The Morgan fingerprint density at radius 3 is 2.58 bits per heavy atom. The lowest BCUT2D eigenvalue weighted by Crippen LogP contribution is -2.15. The Morgan fingerprint density at radius 1 is 1.26 bits per heavy atom. The highest BCUT2D eigenvalue weighted by atomic mass is 16.3. The van der Waals surface area contributed by atoms with Crippen molar-refractivity contribution in [1.29, 1.82) is 0 Å². The monoisotopic (exact) mass is 262 g/mol. The van der Waals surface area contributed by atoms with Gasteiger partial charge < -0.3 is 15.9 Å². The summed E-state index contributed by atoms with van der Waals surface area (Å²) in [6, 6.07) is 4.32. The van der Waals surface area contributed by atoms with Gasteiger partial charge >= 0.3 is 0 Å². The Hall–Kier alpha value is -2.08. The second-order valence-corrected chi connectivity index (χ2v) is 4.87. The summed E-state index contributed by atoms with van der Waals surface area (Å²) in [7, 11) is 0. The van der Waals surface area contributed by atoms with E-state index in [4.69, 9.17) is 5.73 Å². The summed E-state index contributed by atoms with van der Waals surface area (Å²) in [5.74, 6) is 1.31. The Morgan fingerprint density at radius 2 is 2.00 bits per heavy atom. The lowest BCUT2D eigenvalue weighted by molar-refractivity contribution is 0.403. The number of aromatic nitrogens is 3. The lowest BCUT2D eigenvalue weighted by Gasteiger charge is -2.09. The molecule has 0 saturated carbocycles. The summed E-state index contributed by atoms with van der Waals surface area (Å²) in [5.41, 5.74) is 6.88. The third kappa shape index (κ3) is 3.03. The molecule has 1 atom stereocenters. The molecule has 1 aromatic heterocycles. The van der Waals surface area contributed by atoms with Crippen molar-refractivity contribution in [3.8, 4) is 11.5 Å². The van der Waals surface area contributed by atoms with Crippen LogP contribution in [0.2, 0.25) is 0 Å². The van der Waals surface area contributed by atoms with E-state index in [9.17, 15) is 10.2 Å². The third-order valence-electron chi connectivity index (χ3n) is 2.88. The molecule has 0 radical (unpaired) electrons. The molecule has 1 aromatic carbocycles. The normalized spacial score (nSPS) is 12.8. The standard InChI is InChI=1S/C13H18N4O2/c1-7(2)12-15-13(17-16-12)9(14)5-8-3-4-10(18)11(19)6-8/h3-4,6-7,9,18-19H,5,14H2,1-2H3,(H,15,16,17). The van der Waals surface area contributed by atoms with Crippen molar-refractivity contribution in [2.24, 2.45) is 5.73 Å². The number of aromatic amines is 1. The smallest absolute Gasteiger partial charge is 0.157 e. The fourth-order valence-corrected chi connectivity index (χ4v) is 1.76. The quantitative estimate of drug-likeness (QED) is 0.626. The number of phenolic OH excluding ortho intramolecular Hbond substituents is 2. The lowest BCUT2D eigenvalue weighted by atomic mass is 10.1. The number of H-pyrrole nitrogens is 1. The zero-order valence-electron chi connectivity index (χ0n) is 11.0. The van der Waals surface area contributed by atoms with E-state index >= 15 is 0 Å². The first-order valence-corrected chi connectivity index (χ1v) is 6.16. The Kier molecular flexibility index (Phi) is 3.71. The molecule has 1 heterocycles. The van der Waals surface area contributed by atoms with Gasteiger partial charge in [0.15, 0.2) is 17.3 Å². The molecule has 2 aromatic rings. The minimum Gasteiger partial charge on any atom is -0.504 e. The minimum atomic E-state index is -0.330. The van der Waals surface area contributed by atoms with Gasteiger partial charge in [-0.05, 0) is 24.1 Å². The number of rotatable bonds is 4. The molecule has 102 valence electrons. The Balaban J connectivity index is 2.11. The first-order chi connectivity index (χ1) is 8.97. The first-order valence-electron chi connectivity index (χ1n) is 6.16. The molecule has 0 spiro atoms. The summed E-state index contributed by atoms with van der Waals surface area (Å²) in [4.78, 5) is 4.34. The maximum absolute atomic E-state index is 9.43. The van der Waals surface area contributed by atoms with Gasteiger partial charge in [0.25, 0.3) is 0 Å². The van der Waals surface area contributed by atoms with Gasteiger partial charge in [-0.3, -0.25) is 5.10 Å². The van der Waals surface area contributed by atoms with Crippen molar-refractivity contribution in [3.63, 3.8) is 0 Å². The van der Waals surface area contributed by atoms with E-state index in [0.717, 1.165) is 11.4 Å². The molecular formula is C13H18N4O2. The van der Waals surface area contributed by atoms with Crippen LogP contribution in [0.4, 0.5) is 0 Å². The molecule has 19 heavy (non-hydrogen) atoms. The molecule has 0 aliphatic carbocycles. The molecule has 0 saturated heterocycles. The first kappa shape index (κ1) is 13.4. The number of nitrogens with one attached hydrogen (secondary N) is 1. The van der Waals surface area contributed by atoms with Gasteiger partial charge in [0.05, 0.1) is 6.04 Å². The highest BCUT2D eigenvalue weighted by molar-refractivity contribution is 5.40. The molecule has 2 rings (SSSR count). The van der Waals surface area contributed by atoms with Crippen LogP contribution in [0.3, 0.4) is 0 Å². The minimum absolute atomic E-state index is 0.140. The van der Waals surface area contributed by atoms with Gasteiger partial charge in [-0.25, -0.2) is 4.98 Å². The third-order valence-corrected chi connectivity index (χ3v) is 2.88. The van der Waals surface area contributed by atoms with Crippen molar-refractivity contribution >= 4 is 0 Å². The summed E-state index contributed by atoms with van der Waals surface area (Å²) >= 11 is 0. The molecule has 6 heteroatoms. The summed E-state index contributed by atoms with van der Waals surface area (Å²) in [5, 5.41) is 25.6. The van der Waals surface area contributed by atoms with Crippen LogP contribution in [0.15, 0.2) is 18.2 Å². The fourth-order valence-electron chi connectivity index (χ4n) is 1.76. The van der Waals surface area contributed by atoms with E-state index in [2.05, 4.69) is 15.2 Å². The van der Waals surface area contributed by atoms with Crippen molar-refractivity contribution in [3.05, 3.63) is 35.4 Å². The van der Waals surface area contributed by atoms with Crippen LogP contribution in [-0.4, -0.2) is 25.4 Å². The molecule has 0 fully saturated rings. The van der Waals surface area contributed by atoms with Crippen LogP contribution in [0.1, 0.15) is 43.0 Å². The molecule has 0 amide bonds. The molecule has 0 aliphatic rings. The number of benzene rings is 1. The number of phenols is 2. The zero-order valence-corrected chi connectivity index (χ0v) is 11.0. The van der Waals surface area contributed by atoms with Gasteiger partial charge in [0, 0.05) is 5.92 Å². The van der Waals surface area contributed by atoms with E-state index in [-0.39, 0.29) is 23.5 Å². The molecular weight excluding hydrogens is 244 g/mol. The van der Waals surface area contributed by atoms with Crippen LogP contribution < -0.4 is 5.73 Å². The van der Waals surface area contributed by atoms with Gasteiger partial charge in [-0.15, -0.1) is 0 Å². The number of nitrogens with zero attached hydrogens (tertiary/aromatic N) is 2. The molecule has 5 N–H and O–H groups in total. The van der Waals surface area contributed by atoms with E-state index in [1.54, 1.807) is 6.07 Å². The average molecular weight is 262 g/mol. The van der Waals surface area contributed by atoms with Crippen LogP contribution >= 0.6 is 0 Å². The predicted octanol–water partition coefficient (Wildman–Crippen LogP) is 1.58. The summed E-state index contributed by atoms with van der Waals surface area (Å²) in [6.07, 6.45) is 0.501. The predicted molar refractivity (Wildman–Crippen MR) is 70.9 cm³/mol. The van der Waals surface area contributed by atoms with Gasteiger partial charge in [0.2, 0.25) is 0 Å². The SMILES string of the molecule is CC(C)c1n[nH]c(C(N)Cc2ccc(O)c(O)c2)n1. The second kappa shape index (κ2) is 5.27. The Bertz CT molecular complexity index is 566. The van der Waals surface area contributed by atoms with Gasteiger partial charge in [-0.1, -0.05) is 19.9 Å². The van der Waals surface area contributed by atoms with Crippen molar-refractivity contribution < 1.29 is 10.2 Å². The second-order valence-electron chi connectivity index (χ2n) is 4.87. The molecule has 6 nitrogen and oxygen atoms in total. The number of hydrogen-bond donors (Lipinski definition) is 4. The topological polar surface area (TPSA) is 108 Å². The molecule has 0 aliphatic heterocycles. The molecule has 0 bridgehead atoms. The van der Waals surface area contributed by atoms with E-state index < -0.39 is 0 Å². The van der Waals surface area contributed by atoms with E-state index in [1.165, 1.54) is 12.1 Å². The number of hydrogen-bond acceptors (Lipinski definition) is 5. The van der Waals surface area contributed by atoms with Gasteiger partial charge in [0.1, 0.15) is 5.82 Å². The van der Waals surface area contributed by atoms with Crippen LogP contribution in [0.5, 0.6) is 11.5 Å².